The third kappa shape index (κ3) is 5.01. The molecule has 2 rings (SSSR count). The van der Waals surface area contributed by atoms with Crippen LogP contribution in [0.25, 0.3) is 0 Å². The normalized spacial score (nSPS) is 9.92. The van der Waals surface area contributed by atoms with Crippen molar-refractivity contribution in [2.45, 2.75) is 13.3 Å². The lowest BCUT2D eigenvalue weighted by Gasteiger charge is -2.12. The molecule has 6 nitrogen and oxygen atoms in total. The number of ether oxygens (including phenoxy) is 1. The van der Waals surface area contributed by atoms with Gasteiger partial charge in [0, 0.05) is 12.7 Å². The monoisotopic (exact) mass is 327 g/mol. The highest BCUT2D eigenvalue weighted by molar-refractivity contribution is 6.00. The first-order chi connectivity index (χ1) is 11.6. The standard InChI is InChI=1S/C18H21N3O3/c1-3-24-16-7-5-4-6-15(16)21-18(23)20-14-10-8-13(9-11-14)12-17(22)19-2/h4-11H,3,12H2,1-2H3,(H,19,22)(H2,20,21,23). The van der Waals surface area contributed by atoms with Gasteiger partial charge in [0.25, 0.3) is 0 Å². The second-order valence-corrected chi connectivity index (χ2v) is 5.06. The molecule has 0 aliphatic heterocycles. The number of rotatable bonds is 6. The molecule has 0 aliphatic rings. The second kappa shape index (κ2) is 8.57. The van der Waals surface area contributed by atoms with Gasteiger partial charge in [-0.1, -0.05) is 24.3 Å². The lowest BCUT2D eigenvalue weighted by Crippen LogP contribution is -2.20. The summed E-state index contributed by atoms with van der Waals surface area (Å²) in [5.74, 6) is 0.567. The molecule has 126 valence electrons. The molecule has 0 unspecified atom stereocenters. The largest absolute Gasteiger partial charge is 0.492 e. The van der Waals surface area contributed by atoms with Gasteiger partial charge in [-0.3, -0.25) is 4.79 Å². The Kier molecular flexibility index (Phi) is 6.19. The predicted octanol–water partition coefficient (Wildman–Crippen LogP) is 3.02. The smallest absolute Gasteiger partial charge is 0.323 e. The first-order valence-corrected chi connectivity index (χ1v) is 7.71. The summed E-state index contributed by atoms with van der Waals surface area (Å²) < 4.78 is 5.47. The van der Waals surface area contributed by atoms with Crippen LogP contribution in [-0.4, -0.2) is 25.6 Å². The van der Waals surface area contributed by atoms with E-state index in [1.54, 1.807) is 43.4 Å². The van der Waals surface area contributed by atoms with Gasteiger partial charge in [-0.15, -0.1) is 0 Å². The van der Waals surface area contributed by atoms with E-state index >= 15 is 0 Å². The van der Waals surface area contributed by atoms with E-state index in [2.05, 4.69) is 16.0 Å². The van der Waals surface area contributed by atoms with E-state index in [1.807, 2.05) is 19.1 Å². The van der Waals surface area contributed by atoms with Crippen LogP contribution in [0, 0.1) is 0 Å². The third-order valence-corrected chi connectivity index (χ3v) is 3.29. The zero-order chi connectivity index (χ0) is 17.4. The zero-order valence-electron chi connectivity index (χ0n) is 13.8. The van der Waals surface area contributed by atoms with Crippen molar-refractivity contribution in [1.82, 2.24) is 5.32 Å². The molecule has 0 fully saturated rings. The molecule has 0 bridgehead atoms. The van der Waals surface area contributed by atoms with Crippen molar-refractivity contribution in [2.75, 3.05) is 24.3 Å². The van der Waals surface area contributed by atoms with Crippen molar-refractivity contribution in [3.05, 3.63) is 54.1 Å². The number of benzene rings is 2. The number of anilines is 2. The van der Waals surface area contributed by atoms with E-state index in [9.17, 15) is 9.59 Å². The number of hydrogen-bond donors (Lipinski definition) is 3. The lowest BCUT2D eigenvalue weighted by molar-refractivity contribution is -0.119. The van der Waals surface area contributed by atoms with Crippen molar-refractivity contribution in [2.24, 2.45) is 0 Å². The fourth-order valence-corrected chi connectivity index (χ4v) is 2.12. The maximum atomic E-state index is 12.1. The van der Waals surface area contributed by atoms with E-state index in [0.29, 0.717) is 30.2 Å². The molecule has 0 saturated heterocycles. The van der Waals surface area contributed by atoms with E-state index < -0.39 is 0 Å². The van der Waals surface area contributed by atoms with Crippen LogP contribution >= 0.6 is 0 Å². The van der Waals surface area contributed by atoms with Gasteiger partial charge in [0.15, 0.2) is 0 Å². The summed E-state index contributed by atoms with van der Waals surface area (Å²) >= 11 is 0. The molecule has 0 saturated carbocycles. The Labute approximate surface area is 141 Å². The third-order valence-electron chi connectivity index (χ3n) is 3.29. The summed E-state index contributed by atoms with van der Waals surface area (Å²) in [7, 11) is 1.60. The molecular formula is C18H21N3O3. The first kappa shape index (κ1) is 17.3. The molecule has 0 atom stereocenters. The van der Waals surface area contributed by atoms with E-state index in [1.165, 1.54) is 0 Å². The SMILES string of the molecule is CCOc1ccccc1NC(=O)Nc1ccc(CC(=O)NC)cc1. The maximum absolute atomic E-state index is 12.1. The quantitative estimate of drug-likeness (QED) is 0.763. The minimum atomic E-state index is -0.360. The van der Waals surface area contributed by atoms with Gasteiger partial charge in [0.05, 0.1) is 18.7 Å². The van der Waals surface area contributed by atoms with Crippen molar-refractivity contribution in [3.63, 3.8) is 0 Å². The first-order valence-electron chi connectivity index (χ1n) is 7.71. The van der Waals surface area contributed by atoms with Gasteiger partial charge in [-0.2, -0.15) is 0 Å². The Morgan fingerprint density at radius 1 is 1.00 bits per heavy atom. The highest BCUT2D eigenvalue weighted by Crippen LogP contribution is 2.23. The van der Waals surface area contributed by atoms with Crippen LogP contribution in [0.3, 0.4) is 0 Å². The molecule has 3 N–H and O–H groups in total. The number of hydrogen-bond acceptors (Lipinski definition) is 3. The van der Waals surface area contributed by atoms with Crippen LogP contribution < -0.4 is 20.7 Å². The number of para-hydroxylation sites is 2. The minimum absolute atomic E-state index is 0.0546. The fraction of sp³-hybridized carbons (Fsp3) is 0.222. The predicted molar refractivity (Wildman–Crippen MR) is 94.5 cm³/mol. The van der Waals surface area contributed by atoms with Crippen LogP contribution in [0.1, 0.15) is 12.5 Å². The topological polar surface area (TPSA) is 79.5 Å². The molecule has 0 aliphatic carbocycles. The van der Waals surface area contributed by atoms with Crippen molar-refractivity contribution in [1.29, 1.82) is 0 Å². The number of amides is 3. The average molecular weight is 327 g/mol. The van der Waals surface area contributed by atoms with Crippen LogP contribution in [0.15, 0.2) is 48.5 Å². The van der Waals surface area contributed by atoms with Gasteiger partial charge in [-0.05, 0) is 36.8 Å². The Balaban J connectivity index is 1.96. The van der Waals surface area contributed by atoms with Crippen molar-refractivity contribution < 1.29 is 14.3 Å². The van der Waals surface area contributed by atoms with Crippen LogP contribution in [0.2, 0.25) is 0 Å². The molecule has 3 amide bonds. The Morgan fingerprint density at radius 2 is 1.71 bits per heavy atom. The highest BCUT2D eigenvalue weighted by atomic mass is 16.5. The molecule has 24 heavy (non-hydrogen) atoms. The minimum Gasteiger partial charge on any atom is -0.492 e. The van der Waals surface area contributed by atoms with Crippen LogP contribution in [0.5, 0.6) is 5.75 Å². The molecule has 2 aromatic carbocycles. The molecule has 0 heterocycles. The summed E-state index contributed by atoms with van der Waals surface area (Å²) in [6.45, 7) is 2.41. The number of nitrogens with one attached hydrogen (secondary N) is 3. The number of urea groups is 1. The van der Waals surface area contributed by atoms with Crippen LogP contribution in [0.4, 0.5) is 16.2 Å². The Bertz CT molecular complexity index is 699. The molecule has 0 spiro atoms. The second-order valence-electron chi connectivity index (χ2n) is 5.06. The van der Waals surface area contributed by atoms with Gasteiger partial charge in [0.2, 0.25) is 5.91 Å². The summed E-state index contributed by atoms with van der Waals surface area (Å²) in [5, 5.41) is 8.08. The molecular weight excluding hydrogens is 306 g/mol. The number of carbonyl (C=O) groups is 2. The number of carbonyl (C=O) groups excluding carboxylic acids is 2. The van der Waals surface area contributed by atoms with Gasteiger partial charge in [0.1, 0.15) is 5.75 Å². The molecule has 0 aromatic heterocycles. The van der Waals surface area contributed by atoms with Gasteiger partial charge in [-0.25, -0.2) is 4.79 Å². The van der Waals surface area contributed by atoms with Crippen molar-refractivity contribution in [3.8, 4) is 5.75 Å². The molecule has 0 radical (unpaired) electrons. The van der Waals surface area contributed by atoms with Gasteiger partial charge < -0.3 is 20.7 Å². The van der Waals surface area contributed by atoms with E-state index in [4.69, 9.17) is 4.74 Å². The Morgan fingerprint density at radius 3 is 2.38 bits per heavy atom. The van der Waals surface area contributed by atoms with E-state index in [-0.39, 0.29) is 11.9 Å². The van der Waals surface area contributed by atoms with E-state index in [0.717, 1.165) is 5.56 Å². The Hall–Kier alpha value is -3.02. The van der Waals surface area contributed by atoms with Crippen molar-refractivity contribution >= 4 is 23.3 Å². The summed E-state index contributed by atoms with van der Waals surface area (Å²) in [6, 6.07) is 14.0. The lowest BCUT2D eigenvalue weighted by atomic mass is 10.1. The maximum Gasteiger partial charge on any atom is 0.323 e. The average Bonchev–Trinajstić information content (AvgIpc) is 2.58. The summed E-state index contributed by atoms with van der Waals surface area (Å²) in [4.78, 5) is 23.4. The summed E-state index contributed by atoms with van der Waals surface area (Å²) in [6.07, 6.45) is 0.310. The fourth-order valence-electron chi connectivity index (χ4n) is 2.12. The zero-order valence-corrected chi connectivity index (χ0v) is 13.8. The van der Waals surface area contributed by atoms with Gasteiger partial charge >= 0.3 is 6.03 Å². The van der Waals surface area contributed by atoms with Crippen LogP contribution in [-0.2, 0) is 11.2 Å². The molecule has 6 heteroatoms. The molecule has 2 aromatic rings. The highest BCUT2D eigenvalue weighted by Gasteiger charge is 2.08. The number of likely N-dealkylation sites (N-methyl/N-ethyl adjacent to an activating group) is 1. The summed E-state index contributed by atoms with van der Waals surface area (Å²) in [5.41, 5.74) is 2.12.